The molecule has 4 rings (SSSR count). The average molecular weight is 426 g/mol. The second-order valence-electron chi connectivity index (χ2n) is 6.43. The summed E-state index contributed by atoms with van der Waals surface area (Å²) in [5.41, 5.74) is -0.356. The van der Waals surface area contributed by atoms with Crippen molar-refractivity contribution in [1.82, 2.24) is 9.88 Å². The Kier molecular flexibility index (Phi) is 4.93. The van der Waals surface area contributed by atoms with Gasteiger partial charge in [0.2, 0.25) is 0 Å². The fraction of sp³-hybridized carbons (Fsp3) is 0.263. The van der Waals surface area contributed by atoms with Crippen LogP contribution in [0.5, 0.6) is 0 Å². The number of alkyl halides is 3. The fourth-order valence-corrected chi connectivity index (χ4v) is 4.50. The van der Waals surface area contributed by atoms with E-state index in [-0.39, 0.29) is 5.56 Å². The summed E-state index contributed by atoms with van der Waals surface area (Å²) in [7, 11) is 0. The third kappa shape index (κ3) is 3.66. The van der Waals surface area contributed by atoms with Crippen LogP contribution in [0.4, 0.5) is 18.3 Å². The van der Waals surface area contributed by atoms with Gasteiger partial charge in [-0.05, 0) is 30.3 Å². The number of amides is 1. The Morgan fingerprint density at radius 1 is 1.07 bits per heavy atom. The molecule has 1 saturated heterocycles. The number of thiazole rings is 1. The standard InChI is InChI=1S/C19H15ClF3N3OS/c20-12-5-6-15-16(11-12)28-18(24-15)26-9-7-25(8-10-26)17(27)13-3-1-2-4-14(13)19(21,22)23/h1-6,11H,7-10H2. The number of carbonyl (C=O) groups excluding carboxylic acids is 1. The molecule has 1 aromatic heterocycles. The largest absolute Gasteiger partial charge is 0.417 e. The predicted octanol–water partition coefficient (Wildman–Crippen LogP) is 4.93. The second kappa shape index (κ2) is 7.25. The van der Waals surface area contributed by atoms with Gasteiger partial charge in [0.25, 0.3) is 5.91 Å². The summed E-state index contributed by atoms with van der Waals surface area (Å²) < 4.78 is 40.6. The van der Waals surface area contributed by atoms with Crippen LogP contribution in [0, 0.1) is 0 Å². The van der Waals surface area contributed by atoms with E-state index in [1.807, 2.05) is 17.0 Å². The lowest BCUT2D eigenvalue weighted by atomic mass is 10.1. The minimum absolute atomic E-state index is 0.307. The summed E-state index contributed by atoms with van der Waals surface area (Å²) in [6.07, 6.45) is -4.56. The molecule has 146 valence electrons. The Morgan fingerprint density at radius 2 is 1.79 bits per heavy atom. The molecule has 0 bridgehead atoms. The summed E-state index contributed by atoms with van der Waals surface area (Å²) in [5, 5.41) is 1.46. The Balaban J connectivity index is 1.49. The number of piperazine rings is 1. The number of halogens is 4. The number of anilines is 1. The van der Waals surface area contributed by atoms with Gasteiger partial charge in [0.05, 0.1) is 21.3 Å². The Labute approximate surface area is 168 Å². The van der Waals surface area contributed by atoms with E-state index >= 15 is 0 Å². The molecular weight excluding hydrogens is 411 g/mol. The van der Waals surface area contributed by atoms with Crippen molar-refractivity contribution in [3.05, 3.63) is 58.6 Å². The Hall–Kier alpha value is -2.32. The van der Waals surface area contributed by atoms with Crippen molar-refractivity contribution in [2.75, 3.05) is 31.1 Å². The normalized spacial score (nSPS) is 15.3. The van der Waals surface area contributed by atoms with Gasteiger partial charge in [0.1, 0.15) is 0 Å². The van der Waals surface area contributed by atoms with E-state index in [9.17, 15) is 18.0 Å². The van der Waals surface area contributed by atoms with Crippen LogP contribution in [-0.2, 0) is 6.18 Å². The van der Waals surface area contributed by atoms with Crippen molar-refractivity contribution >= 4 is 44.2 Å². The van der Waals surface area contributed by atoms with E-state index in [2.05, 4.69) is 4.98 Å². The number of nitrogens with zero attached hydrogens (tertiary/aromatic N) is 3. The van der Waals surface area contributed by atoms with Gasteiger partial charge in [-0.15, -0.1) is 0 Å². The highest BCUT2D eigenvalue weighted by Crippen LogP contribution is 2.33. The summed E-state index contributed by atoms with van der Waals surface area (Å²) in [4.78, 5) is 20.8. The van der Waals surface area contributed by atoms with Crippen LogP contribution < -0.4 is 4.90 Å². The molecule has 0 spiro atoms. The third-order valence-corrected chi connectivity index (χ3v) is 5.95. The molecule has 0 aliphatic carbocycles. The first-order valence-corrected chi connectivity index (χ1v) is 9.79. The van der Waals surface area contributed by atoms with Crippen molar-refractivity contribution in [3.8, 4) is 0 Å². The van der Waals surface area contributed by atoms with E-state index in [4.69, 9.17) is 11.6 Å². The summed E-state index contributed by atoms with van der Waals surface area (Å²) >= 11 is 7.52. The first-order chi connectivity index (χ1) is 13.3. The number of hydrogen-bond acceptors (Lipinski definition) is 4. The zero-order valence-electron chi connectivity index (χ0n) is 14.5. The molecule has 2 aromatic carbocycles. The van der Waals surface area contributed by atoms with E-state index in [1.54, 1.807) is 6.07 Å². The molecule has 0 N–H and O–H groups in total. The lowest BCUT2D eigenvalue weighted by Gasteiger charge is -2.35. The highest BCUT2D eigenvalue weighted by atomic mass is 35.5. The minimum Gasteiger partial charge on any atom is -0.345 e. The number of hydrogen-bond donors (Lipinski definition) is 0. The van der Waals surface area contributed by atoms with Crippen molar-refractivity contribution in [2.24, 2.45) is 0 Å². The summed E-state index contributed by atoms with van der Waals surface area (Å²) in [6, 6.07) is 10.4. The molecule has 0 unspecified atom stereocenters. The summed E-state index contributed by atoms with van der Waals surface area (Å²) in [5.74, 6) is -0.594. The van der Waals surface area contributed by atoms with Crippen LogP contribution in [0.15, 0.2) is 42.5 Å². The molecule has 0 radical (unpaired) electrons. The molecule has 1 fully saturated rings. The summed E-state index contributed by atoms with van der Waals surface area (Å²) in [6.45, 7) is 1.68. The molecule has 2 heterocycles. The van der Waals surface area contributed by atoms with Crippen molar-refractivity contribution in [3.63, 3.8) is 0 Å². The van der Waals surface area contributed by atoms with Gasteiger partial charge in [-0.25, -0.2) is 4.98 Å². The monoisotopic (exact) mass is 425 g/mol. The van der Waals surface area contributed by atoms with Crippen LogP contribution in [0.1, 0.15) is 15.9 Å². The quantitative estimate of drug-likeness (QED) is 0.584. The van der Waals surface area contributed by atoms with Gasteiger partial charge in [-0.2, -0.15) is 13.2 Å². The lowest BCUT2D eigenvalue weighted by molar-refractivity contribution is -0.138. The maximum atomic E-state index is 13.2. The van der Waals surface area contributed by atoms with E-state index in [0.29, 0.717) is 31.2 Å². The highest BCUT2D eigenvalue weighted by molar-refractivity contribution is 7.22. The number of benzene rings is 2. The number of aromatic nitrogens is 1. The van der Waals surface area contributed by atoms with Gasteiger partial charge in [-0.3, -0.25) is 4.79 Å². The minimum atomic E-state index is -4.56. The zero-order valence-corrected chi connectivity index (χ0v) is 16.1. The molecule has 0 saturated carbocycles. The van der Waals surface area contributed by atoms with Gasteiger partial charge >= 0.3 is 6.18 Å². The molecule has 1 aliphatic heterocycles. The number of fused-ring (bicyclic) bond motifs is 1. The SMILES string of the molecule is O=C(c1ccccc1C(F)(F)F)N1CCN(c2nc3ccc(Cl)cc3s2)CC1. The van der Waals surface area contributed by atoms with Crippen molar-refractivity contribution < 1.29 is 18.0 Å². The number of rotatable bonds is 2. The average Bonchev–Trinajstić information content (AvgIpc) is 3.10. The maximum Gasteiger partial charge on any atom is 0.417 e. The number of carbonyl (C=O) groups is 1. The van der Waals surface area contributed by atoms with E-state index in [1.165, 1.54) is 34.4 Å². The van der Waals surface area contributed by atoms with Crippen molar-refractivity contribution in [2.45, 2.75) is 6.18 Å². The first kappa shape index (κ1) is 19.0. The maximum absolute atomic E-state index is 13.2. The predicted molar refractivity (Wildman–Crippen MR) is 104 cm³/mol. The molecule has 4 nitrogen and oxygen atoms in total. The van der Waals surface area contributed by atoms with Crippen LogP contribution in [0.2, 0.25) is 5.02 Å². The van der Waals surface area contributed by atoms with Crippen molar-refractivity contribution in [1.29, 1.82) is 0 Å². The lowest BCUT2D eigenvalue weighted by Crippen LogP contribution is -2.49. The fourth-order valence-electron chi connectivity index (χ4n) is 3.21. The van der Waals surface area contributed by atoms with Crippen LogP contribution in [-0.4, -0.2) is 42.0 Å². The topological polar surface area (TPSA) is 36.4 Å². The van der Waals surface area contributed by atoms with E-state index in [0.717, 1.165) is 21.4 Å². The smallest absolute Gasteiger partial charge is 0.345 e. The Bertz CT molecular complexity index is 1030. The molecule has 0 atom stereocenters. The third-order valence-electron chi connectivity index (χ3n) is 4.64. The van der Waals surface area contributed by atoms with Gasteiger partial charge < -0.3 is 9.80 Å². The van der Waals surface area contributed by atoms with Gasteiger partial charge in [-0.1, -0.05) is 35.1 Å². The molecule has 28 heavy (non-hydrogen) atoms. The highest BCUT2D eigenvalue weighted by Gasteiger charge is 2.36. The molecule has 9 heteroatoms. The van der Waals surface area contributed by atoms with Crippen LogP contribution in [0.3, 0.4) is 0 Å². The molecule has 3 aromatic rings. The first-order valence-electron chi connectivity index (χ1n) is 8.59. The van der Waals surface area contributed by atoms with Crippen LogP contribution >= 0.6 is 22.9 Å². The van der Waals surface area contributed by atoms with Gasteiger partial charge in [0.15, 0.2) is 5.13 Å². The molecule has 1 aliphatic rings. The van der Waals surface area contributed by atoms with Crippen LogP contribution in [0.25, 0.3) is 10.2 Å². The second-order valence-corrected chi connectivity index (χ2v) is 7.88. The molecule has 1 amide bonds. The van der Waals surface area contributed by atoms with E-state index < -0.39 is 17.6 Å². The van der Waals surface area contributed by atoms with Gasteiger partial charge in [0, 0.05) is 31.2 Å². The Morgan fingerprint density at radius 3 is 2.50 bits per heavy atom. The zero-order chi connectivity index (χ0) is 19.9. The molecular formula is C19H15ClF3N3OS.